The predicted molar refractivity (Wildman–Crippen MR) is 54.2 cm³/mol. The second-order valence-electron chi connectivity index (χ2n) is 2.95. The Balaban J connectivity index is 0.00000121. The topological polar surface area (TPSA) is 51.8 Å². The van der Waals surface area contributed by atoms with Gasteiger partial charge in [-0.2, -0.15) is 0 Å². The largest absolute Gasteiger partial charge is 0.319 e. The highest BCUT2D eigenvalue weighted by Gasteiger charge is 2.16. The van der Waals surface area contributed by atoms with Gasteiger partial charge in [0.2, 0.25) is 0 Å². The Morgan fingerprint density at radius 2 is 1.75 bits per heavy atom. The minimum atomic E-state index is -0.458. The summed E-state index contributed by atoms with van der Waals surface area (Å²) in [6.07, 6.45) is 3.38. The van der Waals surface area contributed by atoms with E-state index in [9.17, 15) is 0 Å². The van der Waals surface area contributed by atoms with E-state index in [1.165, 1.54) is 0 Å². The van der Waals surface area contributed by atoms with Gasteiger partial charge >= 0.3 is 0 Å². The highest BCUT2D eigenvalue weighted by molar-refractivity contribution is 9.10. The van der Waals surface area contributed by atoms with E-state index in [0.717, 1.165) is 4.47 Å². The first-order valence-corrected chi connectivity index (χ1v) is 4.06. The minimum absolute atomic E-state index is 0. The summed E-state index contributed by atoms with van der Waals surface area (Å²) in [6, 6.07) is 0. The van der Waals surface area contributed by atoms with E-state index in [1.807, 2.05) is 13.8 Å². The first-order valence-electron chi connectivity index (χ1n) is 3.27. The zero-order valence-corrected chi connectivity index (χ0v) is 9.32. The van der Waals surface area contributed by atoms with Crippen molar-refractivity contribution in [1.29, 1.82) is 0 Å². The van der Waals surface area contributed by atoms with E-state index < -0.39 is 5.54 Å². The van der Waals surface area contributed by atoms with E-state index in [2.05, 4.69) is 25.9 Å². The molecular weight excluding hydrogens is 241 g/mol. The molecule has 0 fully saturated rings. The molecule has 0 saturated heterocycles. The SMILES string of the molecule is CC(C)(N)c1ncc(Br)cn1.Cl. The summed E-state index contributed by atoms with van der Waals surface area (Å²) in [5.74, 6) is 0.653. The van der Waals surface area contributed by atoms with E-state index in [1.54, 1.807) is 12.4 Å². The van der Waals surface area contributed by atoms with Crippen LogP contribution in [-0.2, 0) is 5.54 Å². The molecule has 1 rings (SSSR count). The molecule has 0 spiro atoms. The normalized spacial score (nSPS) is 10.7. The molecule has 2 N–H and O–H groups in total. The van der Waals surface area contributed by atoms with E-state index >= 15 is 0 Å². The molecule has 0 amide bonds. The summed E-state index contributed by atoms with van der Waals surface area (Å²) in [7, 11) is 0. The van der Waals surface area contributed by atoms with Gasteiger partial charge in [0.05, 0.1) is 10.0 Å². The molecule has 0 atom stereocenters. The maximum absolute atomic E-state index is 5.77. The molecule has 12 heavy (non-hydrogen) atoms. The first kappa shape index (κ1) is 11.8. The molecule has 0 bridgehead atoms. The molecule has 1 heterocycles. The van der Waals surface area contributed by atoms with Gasteiger partial charge < -0.3 is 5.73 Å². The monoisotopic (exact) mass is 251 g/mol. The van der Waals surface area contributed by atoms with Crippen molar-refractivity contribution in [2.24, 2.45) is 5.73 Å². The molecule has 0 aliphatic heterocycles. The number of rotatable bonds is 1. The van der Waals surface area contributed by atoms with Gasteiger partial charge in [-0.05, 0) is 29.8 Å². The van der Waals surface area contributed by atoms with Crippen LogP contribution in [0.5, 0.6) is 0 Å². The van der Waals surface area contributed by atoms with Gasteiger partial charge in [0.15, 0.2) is 0 Å². The van der Waals surface area contributed by atoms with Gasteiger partial charge in [0.1, 0.15) is 5.82 Å². The third-order valence-electron chi connectivity index (χ3n) is 1.20. The number of nitrogens with zero attached hydrogens (tertiary/aromatic N) is 2. The summed E-state index contributed by atoms with van der Waals surface area (Å²) < 4.78 is 0.866. The smallest absolute Gasteiger partial charge is 0.147 e. The van der Waals surface area contributed by atoms with Crippen LogP contribution >= 0.6 is 28.3 Å². The molecular formula is C7H11BrClN3. The summed E-state index contributed by atoms with van der Waals surface area (Å²) in [4.78, 5) is 8.13. The van der Waals surface area contributed by atoms with E-state index in [0.29, 0.717) is 5.82 Å². The zero-order valence-electron chi connectivity index (χ0n) is 6.91. The van der Waals surface area contributed by atoms with Gasteiger partial charge in [0, 0.05) is 12.4 Å². The second kappa shape index (κ2) is 4.16. The molecule has 68 valence electrons. The molecule has 0 aromatic carbocycles. The van der Waals surface area contributed by atoms with Crippen molar-refractivity contribution in [2.45, 2.75) is 19.4 Å². The molecule has 0 unspecified atom stereocenters. The van der Waals surface area contributed by atoms with Crippen molar-refractivity contribution in [2.75, 3.05) is 0 Å². The van der Waals surface area contributed by atoms with Crippen molar-refractivity contribution in [3.05, 3.63) is 22.7 Å². The molecule has 1 aromatic heterocycles. The van der Waals surface area contributed by atoms with Gasteiger partial charge in [-0.15, -0.1) is 12.4 Å². The summed E-state index contributed by atoms with van der Waals surface area (Å²) in [5.41, 5.74) is 5.31. The Bertz CT molecular complexity index is 242. The van der Waals surface area contributed by atoms with E-state index in [4.69, 9.17) is 5.73 Å². The van der Waals surface area contributed by atoms with Gasteiger partial charge in [0.25, 0.3) is 0 Å². The Kier molecular flexibility index (Phi) is 4.10. The van der Waals surface area contributed by atoms with Crippen LogP contribution in [0.4, 0.5) is 0 Å². The summed E-state index contributed by atoms with van der Waals surface area (Å²) in [5, 5.41) is 0. The van der Waals surface area contributed by atoms with Crippen molar-refractivity contribution in [3.63, 3.8) is 0 Å². The Morgan fingerprint density at radius 3 is 2.08 bits per heavy atom. The van der Waals surface area contributed by atoms with Crippen molar-refractivity contribution < 1.29 is 0 Å². The molecule has 3 nitrogen and oxygen atoms in total. The molecule has 0 aliphatic carbocycles. The first-order chi connectivity index (χ1) is 5.00. The van der Waals surface area contributed by atoms with Crippen LogP contribution in [0.25, 0.3) is 0 Å². The van der Waals surface area contributed by atoms with Gasteiger partial charge in [-0.25, -0.2) is 9.97 Å². The third-order valence-corrected chi connectivity index (χ3v) is 1.61. The minimum Gasteiger partial charge on any atom is -0.319 e. The van der Waals surface area contributed by atoms with Crippen LogP contribution in [0, 0.1) is 0 Å². The van der Waals surface area contributed by atoms with Crippen molar-refractivity contribution in [3.8, 4) is 0 Å². The highest BCUT2D eigenvalue weighted by Crippen LogP contribution is 2.12. The Labute approximate surface area is 86.3 Å². The molecule has 1 aromatic rings. The standard InChI is InChI=1S/C7H10BrN3.ClH/c1-7(2,9)6-10-3-5(8)4-11-6;/h3-4H,9H2,1-2H3;1H. The Hall–Kier alpha value is -0.190. The van der Waals surface area contributed by atoms with Crippen LogP contribution < -0.4 is 5.73 Å². The zero-order chi connectivity index (χ0) is 8.48. The van der Waals surface area contributed by atoms with Crippen LogP contribution in [0.1, 0.15) is 19.7 Å². The number of halogens is 2. The van der Waals surface area contributed by atoms with Crippen molar-refractivity contribution >= 4 is 28.3 Å². The number of hydrogen-bond acceptors (Lipinski definition) is 3. The fourth-order valence-corrected chi connectivity index (χ4v) is 0.850. The summed E-state index contributed by atoms with van der Waals surface area (Å²) >= 11 is 3.25. The lowest BCUT2D eigenvalue weighted by Gasteiger charge is -2.15. The average Bonchev–Trinajstić information content (AvgIpc) is 1.86. The predicted octanol–water partition coefficient (Wildman–Crippen LogP) is 1.85. The lowest BCUT2D eigenvalue weighted by Crippen LogP contribution is -2.31. The highest BCUT2D eigenvalue weighted by atomic mass is 79.9. The second-order valence-corrected chi connectivity index (χ2v) is 3.86. The number of aromatic nitrogens is 2. The fraction of sp³-hybridized carbons (Fsp3) is 0.429. The van der Waals surface area contributed by atoms with Crippen LogP contribution in [0.2, 0.25) is 0 Å². The molecule has 5 heteroatoms. The van der Waals surface area contributed by atoms with Crippen LogP contribution in [-0.4, -0.2) is 9.97 Å². The van der Waals surface area contributed by atoms with E-state index in [-0.39, 0.29) is 12.4 Å². The maximum Gasteiger partial charge on any atom is 0.147 e. The lowest BCUT2D eigenvalue weighted by atomic mass is 10.1. The van der Waals surface area contributed by atoms with Gasteiger partial charge in [-0.1, -0.05) is 0 Å². The van der Waals surface area contributed by atoms with Gasteiger partial charge in [-0.3, -0.25) is 0 Å². The van der Waals surface area contributed by atoms with Crippen molar-refractivity contribution in [1.82, 2.24) is 9.97 Å². The lowest BCUT2D eigenvalue weighted by molar-refractivity contribution is 0.513. The number of nitrogens with two attached hydrogens (primary N) is 1. The number of hydrogen-bond donors (Lipinski definition) is 1. The van der Waals surface area contributed by atoms with Crippen LogP contribution in [0.15, 0.2) is 16.9 Å². The quantitative estimate of drug-likeness (QED) is 0.830. The Morgan fingerprint density at radius 1 is 1.33 bits per heavy atom. The summed E-state index contributed by atoms with van der Waals surface area (Å²) in [6.45, 7) is 3.74. The molecule has 0 radical (unpaired) electrons. The maximum atomic E-state index is 5.77. The van der Waals surface area contributed by atoms with Crippen LogP contribution in [0.3, 0.4) is 0 Å². The molecule has 0 saturated carbocycles. The third kappa shape index (κ3) is 3.05. The molecule has 0 aliphatic rings. The fourth-order valence-electron chi connectivity index (χ4n) is 0.645. The average molecular weight is 253 g/mol.